The summed E-state index contributed by atoms with van der Waals surface area (Å²) in [5.41, 5.74) is 4.86. The normalized spacial score (nSPS) is 21.9. The number of thiocarbonyl (C=S) groups is 1. The number of rotatable bonds is 2. The second-order valence-corrected chi connectivity index (χ2v) is 8.53. The van der Waals surface area contributed by atoms with Crippen LogP contribution in [0.4, 0.5) is 0 Å². The lowest BCUT2D eigenvalue weighted by molar-refractivity contribution is 0.292. The van der Waals surface area contributed by atoms with E-state index in [1.54, 1.807) is 0 Å². The van der Waals surface area contributed by atoms with Gasteiger partial charge in [-0.2, -0.15) is 0 Å². The summed E-state index contributed by atoms with van der Waals surface area (Å²) >= 11 is 5.74. The zero-order valence-corrected chi connectivity index (χ0v) is 16.8. The first-order valence-electron chi connectivity index (χ1n) is 10.1. The molecule has 2 heterocycles. The van der Waals surface area contributed by atoms with Gasteiger partial charge in [-0.05, 0) is 75.0 Å². The van der Waals surface area contributed by atoms with E-state index in [0.29, 0.717) is 12.0 Å². The first-order valence-corrected chi connectivity index (χ1v) is 10.5. The molecule has 2 N–H and O–H groups in total. The number of nitrogens with zero attached hydrogens (tertiary/aromatic N) is 2. The number of piperidine rings is 1. The predicted molar refractivity (Wildman–Crippen MR) is 112 cm³/mol. The molecule has 1 aromatic carbocycles. The molecule has 1 aromatic heterocycles. The number of likely N-dealkylation sites (tertiary alicyclic amines) is 1. The molecule has 1 saturated carbocycles. The second kappa shape index (κ2) is 7.55. The van der Waals surface area contributed by atoms with Crippen LogP contribution in [0.1, 0.15) is 67.8 Å². The van der Waals surface area contributed by atoms with Crippen LogP contribution in [0.15, 0.2) is 12.1 Å². The van der Waals surface area contributed by atoms with E-state index in [4.69, 9.17) is 17.2 Å². The summed E-state index contributed by atoms with van der Waals surface area (Å²) in [5, 5.41) is 4.58. The fraction of sp³-hybridized carbons (Fsp3) is 0.619. The van der Waals surface area contributed by atoms with Crippen molar-refractivity contribution in [3.05, 3.63) is 29.1 Å². The van der Waals surface area contributed by atoms with Crippen molar-refractivity contribution in [3.8, 4) is 0 Å². The first-order chi connectivity index (χ1) is 12.6. The highest BCUT2D eigenvalue weighted by Gasteiger charge is 2.26. The number of H-pyrrole nitrogens is 1. The molecule has 5 heteroatoms. The van der Waals surface area contributed by atoms with Crippen LogP contribution in [0, 0.1) is 13.8 Å². The topological polar surface area (TPSA) is 44.0 Å². The highest BCUT2D eigenvalue weighted by atomic mass is 32.1. The van der Waals surface area contributed by atoms with Gasteiger partial charge in [-0.3, -0.25) is 0 Å². The zero-order chi connectivity index (χ0) is 18.1. The molecule has 26 heavy (non-hydrogen) atoms. The molecule has 0 bridgehead atoms. The van der Waals surface area contributed by atoms with E-state index in [2.05, 4.69) is 41.2 Å². The SMILES string of the molecule is Cc1cc2nc([C@H]3CCCN(C(=S)NC4CCCCC4)C3)[nH]c2cc1C. The Balaban J connectivity index is 1.45. The minimum atomic E-state index is 0.433. The summed E-state index contributed by atoms with van der Waals surface area (Å²) < 4.78 is 0. The van der Waals surface area contributed by atoms with Crippen LogP contribution in [0.3, 0.4) is 0 Å². The fourth-order valence-corrected chi connectivity index (χ4v) is 4.71. The number of nitrogens with one attached hydrogen (secondary N) is 2. The highest BCUT2D eigenvalue weighted by molar-refractivity contribution is 7.80. The van der Waals surface area contributed by atoms with Crippen LogP contribution >= 0.6 is 12.2 Å². The van der Waals surface area contributed by atoms with Crippen LogP contribution < -0.4 is 5.32 Å². The molecule has 1 aliphatic carbocycles. The number of fused-ring (bicyclic) bond motifs is 1. The van der Waals surface area contributed by atoms with Crippen molar-refractivity contribution in [3.63, 3.8) is 0 Å². The summed E-state index contributed by atoms with van der Waals surface area (Å²) in [5.74, 6) is 1.55. The van der Waals surface area contributed by atoms with Gasteiger partial charge in [0.2, 0.25) is 0 Å². The predicted octanol–water partition coefficient (Wildman–Crippen LogP) is 4.57. The molecule has 1 aliphatic heterocycles. The molecule has 2 aliphatic rings. The monoisotopic (exact) mass is 370 g/mol. The van der Waals surface area contributed by atoms with Crippen LogP contribution in [0.25, 0.3) is 11.0 Å². The summed E-state index contributed by atoms with van der Waals surface area (Å²) in [6.45, 7) is 6.34. The molecule has 0 radical (unpaired) electrons. The molecule has 4 rings (SSSR count). The van der Waals surface area contributed by atoms with Crippen LogP contribution in [0.5, 0.6) is 0 Å². The Morgan fingerprint density at radius 2 is 1.88 bits per heavy atom. The minimum Gasteiger partial charge on any atom is -0.360 e. The van der Waals surface area contributed by atoms with Crippen molar-refractivity contribution < 1.29 is 0 Å². The van der Waals surface area contributed by atoms with Gasteiger partial charge in [0.25, 0.3) is 0 Å². The maximum absolute atomic E-state index is 5.74. The van der Waals surface area contributed by atoms with Crippen molar-refractivity contribution >= 4 is 28.4 Å². The van der Waals surface area contributed by atoms with E-state index in [-0.39, 0.29) is 0 Å². The maximum Gasteiger partial charge on any atom is 0.169 e. The molecular weight excluding hydrogens is 340 g/mol. The van der Waals surface area contributed by atoms with Crippen LogP contribution in [-0.4, -0.2) is 39.1 Å². The molecule has 140 valence electrons. The Morgan fingerprint density at radius 1 is 1.12 bits per heavy atom. The third-order valence-corrected chi connectivity index (χ3v) is 6.52. The summed E-state index contributed by atoms with van der Waals surface area (Å²) in [4.78, 5) is 10.8. The Kier molecular flexibility index (Phi) is 5.16. The molecular formula is C21H30N4S. The van der Waals surface area contributed by atoms with Gasteiger partial charge >= 0.3 is 0 Å². The van der Waals surface area contributed by atoms with E-state index in [1.807, 2.05) is 0 Å². The lowest BCUT2D eigenvalue weighted by Crippen LogP contribution is -2.48. The van der Waals surface area contributed by atoms with Gasteiger partial charge in [0.05, 0.1) is 11.0 Å². The van der Waals surface area contributed by atoms with Crippen molar-refractivity contribution in [2.75, 3.05) is 13.1 Å². The number of aromatic nitrogens is 2. The molecule has 1 atom stereocenters. The smallest absolute Gasteiger partial charge is 0.169 e. The fourth-order valence-electron chi connectivity index (χ4n) is 4.38. The van der Waals surface area contributed by atoms with Crippen LogP contribution in [0.2, 0.25) is 0 Å². The number of imidazole rings is 1. The van der Waals surface area contributed by atoms with Gasteiger partial charge in [0.1, 0.15) is 5.82 Å². The number of hydrogen-bond donors (Lipinski definition) is 2. The van der Waals surface area contributed by atoms with Crippen molar-refractivity contribution in [1.29, 1.82) is 0 Å². The maximum atomic E-state index is 5.74. The molecule has 0 amide bonds. The second-order valence-electron chi connectivity index (χ2n) is 8.15. The summed E-state index contributed by atoms with van der Waals surface area (Å²) in [7, 11) is 0. The van der Waals surface area contributed by atoms with E-state index in [0.717, 1.165) is 35.1 Å². The van der Waals surface area contributed by atoms with Gasteiger partial charge in [-0.1, -0.05) is 19.3 Å². The molecule has 0 spiro atoms. The Bertz CT molecular complexity index is 752. The van der Waals surface area contributed by atoms with Crippen LogP contribution in [-0.2, 0) is 0 Å². The van der Waals surface area contributed by atoms with Crippen molar-refractivity contribution in [1.82, 2.24) is 20.2 Å². The van der Waals surface area contributed by atoms with Gasteiger partial charge in [-0.25, -0.2) is 4.98 Å². The molecule has 2 fully saturated rings. The molecule has 4 nitrogen and oxygen atoms in total. The summed E-state index contributed by atoms with van der Waals surface area (Å²) in [6.07, 6.45) is 8.93. The van der Waals surface area contributed by atoms with Gasteiger partial charge in [0, 0.05) is 25.0 Å². The lowest BCUT2D eigenvalue weighted by atomic mass is 9.95. The van der Waals surface area contributed by atoms with E-state index >= 15 is 0 Å². The Morgan fingerprint density at radius 3 is 2.69 bits per heavy atom. The van der Waals surface area contributed by atoms with E-state index < -0.39 is 0 Å². The minimum absolute atomic E-state index is 0.433. The van der Waals surface area contributed by atoms with E-state index in [1.165, 1.54) is 56.1 Å². The number of benzene rings is 1. The standard InChI is InChI=1S/C21H30N4S/c1-14-11-18-19(12-15(14)2)24-20(23-18)16-7-6-10-25(13-16)21(26)22-17-8-4-3-5-9-17/h11-12,16-17H,3-10,13H2,1-2H3,(H,22,26)(H,23,24)/t16-/m0/s1. The molecule has 2 aromatic rings. The third kappa shape index (κ3) is 3.73. The Labute approximate surface area is 161 Å². The van der Waals surface area contributed by atoms with Crippen molar-refractivity contribution in [2.45, 2.75) is 70.8 Å². The van der Waals surface area contributed by atoms with Gasteiger partial charge < -0.3 is 15.2 Å². The highest BCUT2D eigenvalue weighted by Crippen LogP contribution is 2.28. The summed E-state index contributed by atoms with van der Waals surface area (Å²) in [6, 6.07) is 4.99. The van der Waals surface area contributed by atoms with Gasteiger partial charge in [0.15, 0.2) is 5.11 Å². The van der Waals surface area contributed by atoms with E-state index in [9.17, 15) is 0 Å². The first kappa shape index (κ1) is 17.8. The quantitative estimate of drug-likeness (QED) is 0.760. The largest absolute Gasteiger partial charge is 0.360 e. The third-order valence-electron chi connectivity index (χ3n) is 6.14. The Hall–Kier alpha value is -1.62. The number of aromatic amines is 1. The molecule has 0 unspecified atom stereocenters. The van der Waals surface area contributed by atoms with Gasteiger partial charge in [-0.15, -0.1) is 0 Å². The van der Waals surface area contributed by atoms with Crippen molar-refractivity contribution in [2.24, 2.45) is 0 Å². The number of hydrogen-bond acceptors (Lipinski definition) is 2. The average Bonchev–Trinajstić information content (AvgIpc) is 3.06. The average molecular weight is 371 g/mol. The molecule has 1 saturated heterocycles. The number of aryl methyl sites for hydroxylation is 2. The zero-order valence-electron chi connectivity index (χ0n) is 16.0. The lowest BCUT2D eigenvalue weighted by Gasteiger charge is -2.36.